The lowest BCUT2D eigenvalue weighted by Gasteiger charge is -2.37. The van der Waals surface area contributed by atoms with Gasteiger partial charge in [0.25, 0.3) is 11.8 Å². The maximum atomic E-state index is 13.7. The molecule has 1 aliphatic carbocycles. The number of carbonyl (C=O) groups excluding carboxylic acids is 3. The van der Waals surface area contributed by atoms with Crippen molar-refractivity contribution in [3.8, 4) is 23.1 Å². The summed E-state index contributed by atoms with van der Waals surface area (Å²) in [6.45, 7) is 7.49. The number of imide groups is 1. The molecule has 2 aromatic carbocycles. The number of ether oxygens (including phenoxy) is 2. The van der Waals surface area contributed by atoms with E-state index in [1.165, 1.54) is 5.56 Å². The highest BCUT2D eigenvalue weighted by molar-refractivity contribution is 6.10. The zero-order valence-corrected chi connectivity index (χ0v) is 30.2. The third kappa shape index (κ3) is 7.17. The van der Waals surface area contributed by atoms with Crippen LogP contribution < -0.4 is 36.1 Å². The smallest absolute Gasteiger partial charge is 0.328 e. The largest absolute Gasteiger partial charge is 0.445 e. The Morgan fingerprint density at radius 3 is 2.55 bits per heavy atom. The molecule has 4 aliphatic rings. The van der Waals surface area contributed by atoms with Crippen LogP contribution in [-0.2, 0) is 4.79 Å². The summed E-state index contributed by atoms with van der Waals surface area (Å²) in [5, 5.41) is 11.2. The number of benzene rings is 2. The van der Waals surface area contributed by atoms with Crippen molar-refractivity contribution in [2.24, 2.45) is 5.92 Å². The minimum atomic E-state index is -0.394. The highest BCUT2D eigenvalue weighted by atomic mass is 16.6. The molecule has 4 amide bonds. The van der Waals surface area contributed by atoms with Gasteiger partial charge in [-0.3, -0.25) is 24.8 Å². The Hall–Kier alpha value is -5.43. The highest BCUT2D eigenvalue weighted by Gasteiger charge is 2.32. The third-order valence-electron chi connectivity index (χ3n) is 11.0. The van der Waals surface area contributed by atoms with Crippen LogP contribution in [0.15, 0.2) is 55.0 Å². The highest BCUT2D eigenvalue weighted by Crippen LogP contribution is 2.49. The number of aromatic nitrogens is 2. The van der Waals surface area contributed by atoms with Crippen molar-refractivity contribution in [2.45, 2.75) is 76.8 Å². The number of anilines is 3. The van der Waals surface area contributed by atoms with Gasteiger partial charge in [0.05, 0.1) is 23.1 Å². The number of rotatable bonds is 8. The first-order valence-electron chi connectivity index (χ1n) is 18.8. The summed E-state index contributed by atoms with van der Waals surface area (Å²) in [6.07, 6.45) is 11.6. The van der Waals surface area contributed by atoms with Gasteiger partial charge < -0.3 is 30.7 Å². The molecule has 5 N–H and O–H groups in total. The van der Waals surface area contributed by atoms with Crippen LogP contribution >= 0.6 is 0 Å². The van der Waals surface area contributed by atoms with Gasteiger partial charge in [0, 0.05) is 66.5 Å². The van der Waals surface area contributed by atoms with E-state index in [0.29, 0.717) is 58.4 Å². The van der Waals surface area contributed by atoms with E-state index in [-0.39, 0.29) is 30.3 Å². The Kier molecular flexibility index (Phi) is 9.50. The Balaban J connectivity index is 0.857. The number of pyridine rings is 2. The number of hydrogen-bond acceptors (Lipinski definition) is 10. The van der Waals surface area contributed by atoms with Crippen molar-refractivity contribution in [3.63, 3.8) is 0 Å². The average molecular weight is 719 g/mol. The maximum Gasteiger partial charge on any atom is 0.328 e. The molecule has 3 fully saturated rings. The summed E-state index contributed by atoms with van der Waals surface area (Å²) in [6, 6.07) is 11.2. The number of nitrogen functional groups attached to an aromatic ring is 1. The van der Waals surface area contributed by atoms with Crippen molar-refractivity contribution in [1.29, 1.82) is 0 Å². The second-order valence-electron chi connectivity index (χ2n) is 15.0. The van der Waals surface area contributed by atoms with Gasteiger partial charge in [-0.05, 0) is 95.0 Å². The van der Waals surface area contributed by atoms with Gasteiger partial charge in [-0.25, -0.2) is 9.78 Å². The van der Waals surface area contributed by atoms with Crippen molar-refractivity contribution in [2.75, 3.05) is 42.1 Å². The summed E-state index contributed by atoms with van der Waals surface area (Å²) in [4.78, 5) is 51.2. The number of fused-ring (bicyclic) bond motifs is 3. The molecule has 2 aromatic heterocycles. The Bertz CT molecular complexity index is 2050. The van der Waals surface area contributed by atoms with E-state index < -0.39 is 6.03 Å². The molecule has 0 spiro atoms. The minimum Gasteiger partial charge on any atom is -0.445 e. The summed E-state index contributed by atoms with van der Waals surface area (Å²) in [5.74, 6) is 2.26. The summed E-state index contributed by atoms with van der Waals surface area (Å²) in [7, 11) is 0. The van der Waals surface area contributed by atoms with Gasteiger partial charge in [-0.1, -0.05) is 18.2 Å². The maximum absolute atomic E-state index is 13.7. The Morgan fingerprint density at radius 1 is 0.962 bits per heavy atom. The molecule has 0 bridgehead atoms. The fraction of sp³-hybridized carbons (Fsp3) is 0.425. The second-order valence-corrected chi connectivity index (χ2v) is 15.0. The predicted molar refractivity (Wildman–Crippen MR) is 203 cm³/mol. The molecule has 53 heavy (non-hydrogen) atoms. The number of piperidine rings is 1. The second kappa shape index (κ2) is 14.5. The fourth-order valence-corrected chi connectivity index (χ4v) is 8.26. The van der Waals surface area contributed by atoms with Crippen molar-refractivity contribution in [1.82, 2.24) is 25.5 Å². The van der Waals surface area contributed by atoms with E-state index in [4.69, 9.17) is 15.2 Å². The molecule has 8 rings (SSSR count). The zero-order chi connectivity index (χ0) is 36.6. The van der Waals surface area contributed by atoms with Crippen LogP contribution in [0.2, 0.25) is 0 Å². The molecule has 2 saturated heterocycles. The number of likely N-dealkylation sites (tertiary alicyclic amines) is 1. The Morgan fingerprint density at radius 2 is 1.77 bits per heavy atom. The van der Waals surface area contributed by atoms with Crippen LogP contribution in [0, 0.1) is 5.92 Å². The van der Waals surface area contributed by atoms with Gasteiger partial charge in [0.1, 0.15) is 0 Å². The van der Waals surface area contributed by atoms with E-state index in [9.17, 15) is 14.4 Å². The van der Waals surface area contributed by atoms with E-state index in [0.717, 1.165) is 74.6 Å². The molecular formula is C40H46N8O5. The zero-order valence-electron chi connectivity index (χ0n) is 30.2. The average Bonchev–Trinajstić information content (AvgIpc) is 3.15. The summed E-state index contributed by atoms with van der Waals surface area (Å²) >= 11 is 0. The van der Waals surface area contributed by atoms with Crippen LogP contribution in [0.5, 0.6) is 23.1 Å². The normalized spacial score (nSPS) is 20.6. The van der Waals surface area contributed by atoms with E-state index >= 15 is 0 Å². The molecule has 4 aromatic rings. The lowest BCUT2D eigenvalue weighted by Crippen LogP contribution is -2.49. The van der Waals surface area contributed by atoms with Crippen LogP contribution in [0.1, 0.15) is 80.6 Å². The number of nitrogens with one attached hydrogen (secondary N) is 3. The number of nitrogens with zero attached hydrogens (tertiary/aromatic N) is 4. The minimum absolute atomic E-state index is 0.0412. The third-order valence-corrected chi connectivity index (χ3v) is 11.0. The molecule has 3 aliphatic heterocycles. The lowest BCUT2D eigenvalue weighted by atomic mass is 9.83. The number of hydrogen-bond donors (Lipinski definition) is 4. The van der Waals surface area contributed by atoms with Crippen LogP contribution in [-0.4, -0.2) is 71.0 Å². The quantitative estimate of drug-likeness (QED) is 0.130. The SMILES string of the molecule is CC(C)Nc1c(C(=O)NC2CCC(CN3CCC(c4cccc5c(N6CCC(=O)NC6=O)cncc45)CC3)CC2)cnc2c1Oc1cc(N)ccc1O2. The first-order valence-corrected chi connectivity index (χ1v) is 18.8. The van der Waals surface area contributed by atoms with Gasteiger partial charge in [0.2, 0.25) is 11.7 Å². The van der Waals surface area contributed by atoms with Crippen molar-refractivity contribution < 1.29 is 23.9 Å². The van der Waals surface area contributed by atoms with Crippen LogP contribution in [0.4, 0.5) is 21.9 Å². The molecule has 1 saturated carbocycles. The number of urea groups is 1. The van der Waals surface area contributed by atoms with Crippen molar-refractivity contribution >= 4 is 45.7 Å². The molecule has 276 valence electrons. The fourth-order valence-electron chi connectivity index (χ4n) is 8.26. The molecule has 13 nitrogen and oxygen atoms in total. The molecular weight excluding hydrogens is 672 g/mol. The number of amides is 4. The van der Waals surface area contributed by atoms with Crippen LogP contribution in [0.3, 0.4) is 0 Å². The van der Waals surface area contributed by atoms with Gasteiger partial charge >= 0.3 is 6.03 Å². The van der Waals surface area contributed by atoms with Gasteiger partial charge in [0.15, 0.2) is 11.5 Å². The first kappa shape index (κ1) is 34.6. The number of nitrogens with two attached hydrogens (primary N) is 1. The van der Waals surface area contributed by atoms with Gasteiger partial charge in [-0.2, -0.15) is 0 Å². The number of carbonyl (C=O) groups is 3. The summed E-state index contributed by atoms with van der Waals surface area (Å²) < 4.78 is 12.2. The molecule has 0 unspecified atom stereocenters. The van der Waals surface area contributed by atoms with Crippen LogP contribution in [0.25, 0.3) is 10.8 Å². The van der Waals surface area contributed by atoms with E-state index in [2.05, 4.69) is 43.0 Å². The van der Waals surface area contributed by atoms with Gasteiger partial charge in [-0.15, -0.1) is 0 Å². The first-order chi connectivity index (χ1) is 25.7. The monoisotopic (exact) mass is 718 g/mol. The molecule has 0 radical (unpaired) electrons. The topological polar surface area (TPSA) is 164 Å². The lowest BCUT2D eigenvalue weighted by molar-refractivity contribution is -0.120. The summed E-state index contributed by atoms with van der Waals surface area (Å²) in [5.41, 5.74) is 9.53. The standard InChI is InChI=1S/C40H46N8O5/c1-23(2)44-36-31(20-43-39-37(36)52-34-18-26(41)8-11-33(34)53-39)38(50)45-27-9-6-24(7-10-27)22-47-15-12-25(13-16-47)28-4-3-5-29-30(28)19-42-21-32(29)48-17-14-35(49)46-40(48)51/h3-5,8,11,18-21,23-25,27H,6-7,9-10,12-17,22,41H2,1-2H3,(H,43,44)(H,45,50)(H,46,49,51). The van der Waals surface area contributed by atoms with Crippen molar-refractivity contribution in [3.05, 3.63) is 66.1 Å². The predicted octanol–water partition coefficient (Wildman–Crippen LogP) is 6.54. The van der Waals surface area contributed by atoms with E-state index in [1.54, 1.807) is 35.5 Å². The Labute approximate surface area is 308 Å². The molecule has 13 heteroatoms. The van der Waals surface area contributed by atoms with E-state index in [1.807, 2.05) is 26.1 Å². The molecule has 5 heterocycles. The molecule has 0 atom stereocenters.